The highest BCUT2D eigenvalue weighted by molar-refractivity contribution is 5.68. The van der Waals surface area contributed by atoms with Gasteiger partial charge in [-0.15, -0.1) is 0 Å². The average molecular weight is 315 g/mol. The third-order valence-electron chi connectivity index (χ3n) is 3.65. The van der Waals surface area contributed by atoms with Crippen LogP contribution in [0, 0.1) is 0 Å². The van der Waals surface area contributed by atoms with E-state index in [0.29, 0.717) is 19.1 Å². The summed E-state index contributed by atoms with van der Waals surface area (Å²) in [5.41, 5.74) is -0.427. The van der Waals surface area contributed by atoms with Crippen molar-refractivity contribution >= 4 is 6.09 Å². The Hall–Kier alpha value is -0.770. The van der Waals surface area contributed by atoms with Gasteiger partial charge in [0.1, 0.15) is 5.60 Å². The van der Waals surface area contributed by atoms with Crippen LogP contribution in [0.5, 0.6) is 0 Å². The fraction of sp³-hybridized carbons (Fsp3) is 0.944. The van der Waals surface area contributed by atoms with Gasteiger partial charge in [0.05, 0.1) is 0 Å². The number of unbranched alkanes of at least 4 members (excludes halogenated alkanes) is 4. The van der Waals surface area contributed by atoms with E-state index in [1.165, 1.54) is 38.5 Å². The van der Waals surface area contributed by atoms with Crippen LogP contribution in [-0.2, 0) is 4.74 Å². The fourth-order valence-corrected chi connectivity index (χ4v) is 2.31. The Balaban J connectivity index is 3.83. The Labute approximate surface area is 138 Å². The molecule has 0 spiro atoms. The predicted octanol–water partition coefficient (Wildman–Crippen LogP) is 4.58. The van der Waals surface area contributed by atoms with Crippen LogP contribution in [0.4, 0.5) is 4.79 Å². The molecule has 1 amide bonds. The summed E-state index contributed by atoms with van der Waals surface area (Å²) in [5.74, 6) is 0. The van der Waals surface area contributed by atoms with Crippen LogP contribution >= 0.6 is 0 Å². The molecule has 0 saturated heterocycles. The van der Waals surface area contributed by atoms with Gasteiger partial charge in [0.15, 0.2) is 0 Å². The van der Waals surface area contributed by atoms with Crippen molar-refractivity contribution in [3.8, 4) is 0 Å². The topological polar surface area (TPSA) is 41.6 Å². The van der Waals surface area contributed by atoms with Crippen molar-refractivity contribution in [1.29, 1.82) is 0 Å². The molecule has 4 heteroatoms. The summed E-state index contributed by atoms with van der Waals surface area (Å²) in [4.78, 5) is 13.8. The first-order valence-corrected chi connectivity index (χ1v) is 9.01. The second kappa shape index (κ2) is 11.8. The minimum Gasteiger partial charge on any atom is -0.444 e. The molecule has 0 aromatic rings. The molecule has 0 heterocycles. The van der Waals surface area contributed by atoms with Gasteiger partial charge in [0, 0.05) is 25.7 Å². The quantitative estimate of drug-likeness (QED) is 0.567. The molecule has 0 aliphatic carbocycles. The van der Waals surface area contributed by atoms with E-state index in [1.807, 2.05) is 27.7 Å². The van der Waals surface area contributed by atoms with Gasteiger partial charge in [-0.2, -0.15) is 0 Å². The van der Waals surface area contributed by atoms with E-state index in [2.05, 4.69) is 19.2 Å². The van der Waals surface area contributed by atoms with Crippen LogP contribution < -0.4 is 5.32 Å². The standard InChI is InChI=1S/C18H38N2O2/c1-7-9-10-11-12-13-16(3)19-14-15-20(8-2)17(21)22-18(4,5)6/h16,19H,7-15H2,1-6H3. The zero-order valence-corrected chi connectivity index (χ0v) is 15.7. The Morgan fingerprint density at radius 3 is 2.32 bits per heavy atom. The molecule has 1 atom stereocenters. The summed E-state index contributed by atoms with van der Waals surface area (Å²) in [6.07, 6.45) is 7.61. The summed E-state index contributed by atoms with van der Waals surface area (Å²) < 4.78 is 5.41. The molecule has 0 fully saturated rings. The lowest BCUT2D eigenvalue weighted by atomic mass is 10.1. The molecule has 1 N–H and O–H groups in total. The normalized spacial score (nSPS) is 13.0. The van der Waals surface area contributed by atoms with Gasteiger partial charge in [-0.3, -0.25) is 0 Å². The molecule has 0 rings (SSSR count). The smallest absolute Gasteiger partial charge is 0.410 e. The third-order valence-corrected chi connectivity index (χ3v) is 3.65. The second-order valence-corrected chi connectivity index (χ2v) is 7.12. The maximum Gasteiger partial charge on any atom is 0.410 e. The van der Waals surface area contributed by atoms with Crippen LogP contribution in [0.25, 0.3) is 0 Å². The summed E-state index contributed by atoms with van der Waals surface area (Å²) in [6.45, 7) is 14.4. The highest BCUT2D eigenvalue weighted by atomic mass is 16.6. The minimum absolute atomic E-state index is 0.219. The van der Waals surface area contributed by atoms with E-state index < -0.39 is 5.60 Å². The highest BCUT2D eigenvalue weighted by Gasteiger charge is 2.20. The number of nitrogens with one attached hydrogen (secondary N) is 1. The second-order valence-electron chi connectivity index (χ2n) is 7.12. The van der Waals surface area contributed by atoms with E-state index in [1.54, 1.807) is 4.90 Å². The van der Waals surface area contributed by atoms with Gasteiger partial charge in [-0.25, -0.2) is 4.79 Å². The predicted molar refractivity (Wildman–Crippen MR) is 94.3 cm³/mol. The number of likely N-dealkylation sites (N-methyl/N-ethyl adjacent to an activating group) is 1. The molecule has 1 unspecified atom stereocenters. The summed E-state index contributed by atoms with van der Waals surface area (Å²) in [5, 5.41) is 3.51. The van der Waals surface area contributed by atoms with Gasteiger partial charge in [0.2, 0.25) is 0 Å². The molecule has 22 heavy (non-hydrogen) atoms. The summed E-state index contributed by atoms with van der Waals surface area (Å²) in [7, 11) is 0. The fourth-order valence-electron chi connectivity index (χ4n) is 2.31. The number of ether oxygens (including phenoxy) is 1. The number of hydrogen-bond acceptors (Lipinski definition) is 3. The number of carbonyl (C=O) groups excluding carboxylic acids is 1. The highest BCUT2D eigenvalue weighted by Crippen LogP contribution is 2.10. The number of amides is 1. The molecular weight excluding hydrogens is 276 g/mol. The molecule has 4 nitrogen and oxygen atoms in total. The third kappa shape index (κ3) is 11.8. The van der Waals surface area contributed by atoms with E-state index in [4.69, 9.17) is 4.74 Å². The Morgan fingerprint density at radius 2 is 1.77 bits per heavy atom. The minimum atomic E-state index is -0.427. The summed E-state index contributed by atoms with van der Waals surface area (Å²) in [6, 6.07) is 0.513. The zero-order chi connectivity index (χ0) is 17.0. The van der Waals surface area contributed by atoms with Crippen molar-refractivity contribution in [3.05, 3.63) is 0 Å². The average Bonchev–Trinajstić information content (AvgIpc) is 2.41. The maximum atomic E-state index is 12.0. The molecule has 0 aromatic heterocycles. The molecule has 0 aromatic carbocycles. The van der Waals surface area contributed by atoms with Gasteiger partial charge < -0.3 is 15.0 Å². The zero-order valence-electron chi connectivity index (χ0n) is 15.7. The number of hydrogen-bond donors (Lipinski definition) is 1. The Bertz CT molecular complexity index is 287. The van der Waals surface area contributed by atoms with Gasteiger partial charge in [-0.1, -0.05) is 39.0 Å². The molecule has 0 saturated carbocycles. The maximum absolute atomic E-state index is 12.0. The Morgan fingerprint density at radius 1 is 1.14 bits per heavy atom. The largest absolute Gasteiger partial charge is 0.444 e. The van der Waals surface area contributed by atoms with Crippen molar-refractivity contribution in [2.75, 3.05) is 19.6 Å². The van der Waals surface area contributed by atoms with Crippen LogP contribution in [-0.4, -0.2) is 42.3 Å². The SMILES string of the molecule is CCCCCCCC(C)NCCN(CC)C(=O)OC(C)(C)C. The molecule has 0 radical (unpaired) electrons. The first kappa shape index (κ1) is 21.2. The van der Waals surface area contributed by atoms with E-state index in [-0.39, 0.29) is 6.09 Å². The van der Waals surface area contributed by atoms with Crippen molar-refractivity contribution in [2.45, 2.75) is 91.7 Å². The molecule has 0 bridgehead atoms. The number of nitrogens with zero attached hydrogens (tertiary/aromatic N) is 1. The van der Waals surface area contributed by atoms with Crippen molar-refractivity contribution in [1.82, 2.24) is 10.2 Å². The first-order valence-electron chi connectivity index (χ1n) is 9.01. The summed E-state index contributed by atoms with van der Waals surface area (Å²) >= 11 is 0. The van der Waals surface area contributed by atoms with Gasteiger partial charge >= 0.3 is 6.09 Å². The van der Waals surface area contributed by atoms with Crippen LogP contribution in [0.2, 0.25) is 0 Å². The molecule has 132 valence electrons. The molecule has 0 aliphatic heterocycles. The molecular formula is C18H38N2O2. The lowest BCUT2D eigenvalue weighted by Crippen LogP contribution is -2.41. The number of carbonyl (C=O) groups is 1. The first-order chi connectivity index (χ1) is 10.3. The van der Waals surface area contributed by atoms with Crippen LogP contribution in [0.15, 0.2) is 0 Å². The number of rotatable bonds is 11. The molecule has 0 aliphatic rings. The van der Waals surface area contributed by atoms with E-state index in [0.717, 1.165) is 6.54 Å². The van der Waals surface area contributed by atoms with Crippen molar-refractivity contribution < 1.29 is 9.53 Å². The lowest BCUT2D eigenvalue weighted by molar-refractivity contribution is 0.0261. The van der Waals surface area contributed by atoms with Crippen LogP contribution in [0.1, 0.15) is 80.1 Å². The van der Waals surface area contributed by atoms with Crippen LogP contribution in [0.3, 0.4) is 0 Å². The van der Waals surface area contributed by atoms with Gasteiger partial charge in [-0.05, 0) is 41.0 Å². The van der Waals surface area contributed by atoms with E-state index in [9.17, 15) is 4.79 Å². The lowest BCUT2D eigenvalue weighted by Gasteiger charge is -2.27. The van der Waals surface area contributed by atoms with Crippen molar-refractivity contribution in [3.63, 3.8) is 0 Å². The van der Waals surface area contributed by atoms with Crippen molar-refractivity contribution in [2.24, 2.45) is 0 Å². The van der Waals surface area contributed by atoms with Gasteiger partial charge in [0.25, 0.3) is 0 Å². The van der Waals surface area contributed by atoms with E-state index >= 15 is 0 Å². The Kier molecular flexibility index (Phi) is 11.3. The monoisotopic (exact) mass is 314 g/mol.